The van der Waals surface area contributed by atoms with Crippen molar-refractivity contribution in [3.05, 3.63) is 0 Å². The fourth-order valence-corrected chi connectivity index (χ4v) is 1.31. The van der Waals surface area contributed by atoms with E-state index in [1.165, 1.54) is 0 Å². The number of ether oxygens (including phenoxy) is 2. The van der Waals surface area contributed by atoms with E-state index >= 15 is 0 Å². The second-order valence-corrected chi connectivity index (χ2v) is 3.12. The Morgan fingerprint density at radius 2 is 2.21 bits per heavy atom. The number of carboxylic acid groups (broad SMARTS) is 1. The Bertz CT molecular complexity index is 229. The van der Waals surface area contributed by atoms with Crippen molar-refractivity contribution in [2.75, 3.05) is 13.2 Å². The second kappa shape index (κ2) is 5.58. The van der Waals surface area contributed by atoms with Crippen LogP contribution >= 0.6 is 0 Å². The van der Waals surface area contributed by atoms with Crippen LogP contribution in [-0.2, 0) is 14.3 Å². The van der Waals surface area contributed by atoms with Gasteiger partial charge in [0.05, 0.1) is 19.3 Å². The van der Waals surface area contributed by atoms with Gasteiger partial charge in [-0.05, 0) is 19.3 Å². The number of nitrogens with zero attached hydrogens (tertiary/aromatic N) is 1. The van der Waals surface area contributed by atoms with E-state index in [1.54, 1.807) is 6.07 Å². The summed E-state index contributed by atoms with van der Waals surface area (Å²) in [4.78, 5) is 10.5. The van der Waals surface area contributed by atoms with E-state index in [1.807, 2.05) is 0 Å². The summed E-state index contributed by atoms with van der Waals surface area (Å²) in [5, 5.41) is 17.1. The number of nitriles is 1. The quantitative estimate of drug-likeness (QED) is 0.706. The summed E-state index contributed by atoms with van der Waals surface area (Å²) in [5.74, 6) is -1.96. The molecular formula is C9H13NO4. The molecule has 1 aliphatic heterocycles. The molecule has 1 rings (SSSR count). The van der Waals surface area contributed by atoms with Crippen LogP contribution in [0.1, 0.15) is 19.3 Å². The van der Waals surface area contributed by atoms with Crippen molar-refractivity contribution in [2.45, 2.75) is 25.6 Å². The van der Waals surface area contributed by atoms with Gasteiger partial charge >= 0.3 is 5.97 Å². The summed E-state index contributed by atoms with van der Waals surface area (Å²) in [6.07, 6.45) is 1.44. The third-order valence-corrected chi connectivity index (χ3v) is 2.08. The molecule has 0 aromatic carbocycles. The molecule has 1 unspecified atom stereocenters. The Morgan fingerprint density at radius 3 is 2.71 bits per heavy atom. The van der Waals surface area contributed by atoms with Crippen LogP contribution in [-0.4, -0.2) is 30.6 Å². The molecule has 0 saturated carbocycles. The summed E-state index contributed by atoms with van der Waals surface area (Å²) in [7, 11) is 0. The highest BCUT2D eigenvalue weighted by atomic mass is 16.7. The summed E-state index contributed by atoms with van der Waals surface area (Å²) in [5.41, 5.74) is 0. The van der Waals surface area contributed by atoms with E-state index in [2.05, 4.69) is 0 Å². The largest absolute Gasteiger partial charge is 0.480 e. The van der Waals surface area contributed by atoms with Crippen LogP contribution in [0.4, 0.5) is 0 Å². The van der Waals surface area contributed by atoms with E-state index in [9.17, 15) is 4.79 Å². The fourth-order valence-electron chi connectivity index (χ4n) is 1.31. The summed E-state index contributed by atoms with van der Waals surface area (Å²) in [6, 6.07) is 1.75. The Hall–Kier alpha value is -1.12. The highest BCUT2D eigenvalue weighted by Crippen LogP contribution is 2.14. The van der Waals surface area contributed by atoms with Gasteiger partial charge in [-0.25, -0.2) is 0 Å². The number of carboxylic acids is 1. The Kier molecular flexibility index (Phi) is 4.36. The fraction of sp³-hybridized carbons (Fsp3) is 0.778. The zero-order valence-electron chi connectivity index (χ0n) is 7.81. The van der Waals surface area contributed by atoms with E-state index in [-0.39, 0.29) is 6.29 Å². The second-order valence-electron chi connectivity index (χ2n) is 3.12. The van der Waals surface area contributed by atoms with Crippen LogP contribution in [0.15, 0.2) is 0 Å². The molecule has 0 amide bonds. The summed E-state index contributed by atoms with van der Waals surface area (Å²) in [6.45, 7) is 1.20. The number of hydrogen-bond donors (Lipinski definition) is 1. The van der Waals surface area contributed by atoms with Crippen molar-refractivity contribution in [1.29, 1.82) is 5.26 Å². The van der Waals surface area contributed by atoms with Gasteiger partial charge in [-0.15, -0.1) is 0 Å². The lowest BCUT2D eigenvalue weighted by Gasteiger charge is -2.08. The average Bonchev–Trinajstić information content (AvgIpc) is 2.64. The molecule has 0 aromatic rings. The molecule has 1 fully saturated rings. The van der Waals surface area contributed by atoms with Gasteiger partial charge in [0.25, 0.3) is 0 Å². The molecular weight excluding hydrogens is 186 g/mol. The molecule has 1 saturated heterocycles. The zero-order valence-corrected chi connectivity index (χ0v) is 7.81. The van der Waals surface area contributed by atoms with Gasteiger partial charge in [-0.1, -0.05) is 0 Å². The predicted molar refractivity (Wildman–Crippen MR) is 46.3 cm³/mol. The summed E-state index contributed by atoms with van der Waals surface area (Å²) >= 11 is 0. The topological polar surface area (TPSA) is 79.5 Å². The molecule has 1 aliphatic rings. The monoisotopic (exact) mass is 199 g/mol. The van der Waals surface area contributed by atoms with Crippen LogP contribution < -0.4 is 0 Å². The highest BCUT2D eigenvalue weighted by molar-refractivity contribution is 5.72. The minimum atomic E-state index is -1.05. The maximum atomic E-state index is 10.5. The van der Waals surface area contributed by atoms with Crippen molar-refractivity contribution < 1.29 is 19.4 Å². The molecule has 78 valence electrons. The minimum Gasteiger partial charge on any atom is -0.480 e. The van der Waals surface area contributed by atoms with Crippen LogP contribution in [0.3, 0.4) is 0 Å². The lowest BCUT2D eigenvalue weighted by molar-refractivity contribution is -0.140. The molecule has 0 aromatic heterocycles. The van der Waals surface area contributed by atoms with Crippen molar-refractivity contribution in [2.24, 2.45) is 5.92 Å². The van der Waals surface area contributed by atoms with Gasteiger partial charge in [-0.3, -0.25) is 4.79 Å². The molecule has 1 heterocycles. The highest BCUT2D eigenvalue weighted by Gasteiger charge is 2.19. The lowest BCUT2D eigenvalue weighted by Crippen LogP contribution is -2.13. The predicted octanol–water partition coefficient (Wildman–Crippen LogP) is 0.754. The molecule has 1 atom stereocenters. The van der Waals surface area contributed by atoms with E-state index in [0.29, 0.717) is 32.5 Å². The number of carbonyl (C=O) groups is 1. The van der Waals surface area contributed by atoms with Gasteiger partial charge in [0.15, 0.2) is 6.29 Å². The molecule has 0 aliphatic carbocycles. The molecule has 5 heteroatoms. The molecule has 0 bridgehead atoms. The Labute approximate surface area is 82.2 Å². The first-order valence-electron chi connectivity index (χ1n) is 4.59. The summed E-state index contributed by atoms with van der Waals surface area (Å²) < 4.78 is 10.4. The standard InChI is InChI=1S/C9H13NO4/c10-6-7(9(11)12)2-1-3-8-13-4-5-14-8/h7-8H,1-5H2,(H,11,12). The maximum Gasteiger partial charge on any atom is 0.320 e. The number of rotatable bonds is 5. The molecule has 5 nitrogen and oxygen atoms in total. The van der Waals surface area contributed by atoms with Gasteiger partial charge in [0.1, 0.15) is 5.92 Å². The van der Waals surface area contributed by atoms with Gasteiger partial charge in [0, 0.05) is 0 Å². The Morgan fingerprint density at radius 1 is 1.57 bits per heavy atom. The maximum absolute atomic E-state index is 10.5. The van der Waals surface area contributed by atoms with Gasteiger partial charge < -0.3 is 14.6 Å². The van der Waals surface area contributed by atoms with Gasteiger partial charge in [0.2, 0.25) is 0 Å². The van der Waals surface area contributed by atoms with Crippen LogP contribution in [0.25, 0.3) is 0 Å². The van der Waals surface area contributed by atoms with Crippen molar-refractivity contribution in [3.63, 3.8) is 0 Å². The van der Waals surface area contributed by atoms with E-state index in [0.717, 1.165) is 0 Å². The van der Waals surface area contributed by atoms with Crippen molar-refractivity contribution in [1.82, 2.24) is 0 Å². The molecule has 0 spiro atoms. The van der Waals surface area contributed by atoms with E-state index in [4.69, 9.17) is 19.8 Å². The first-order chi connectivity index (χ1) is 6.74. The van der Waals surface area contributed by atoms with Crippen LogP contribution in [0, 0.1) is 17.2 Å². The lowest BCUT2D eigenvalue weighted by atomic mass is 10.0. The normalized spacial score (nSPS) is 19.1. The molecule has 0 radical (unpaired) electrons. The van der Waals surface area contributed by atoms with Crippen LogP contribution in [0.2, 0.25) is 0 Å². The van der Waals surface area contributed by atoms with Crippen LogP contribution in [0.5, 0.6) is 0 Å². The SMILES string of the molecule is N#CC(CCCC1OCCO1)C(=O)O. The Balaban J connectivity index is 2.13. The van der Waals surface area contributed by atoms with E-state index < -0.39 is 11.9 Å². The smallest absolute Gasteiger partial charge is 0.320 e. The minimum absolute atomic E-state index is 0.205. The molecule has 14 heavy (non-hydrogen) atoms. The third kappa shape index (κ3) is 3.32. The van der Waals surface area contributed by atoms with Gasteiger partial charge in [-0.2, -0.15) is 5.26 Å². The third-order valence-electron chi connectivity index (χ3n) is 2.08. The van der Waals surface area contributed by atoms with Crippen molar-refractivity contribution in [3.8, 4) is 6.07 Å². The number of aliphatic carboxylic acids is 1. The zero-order chi connectivity index (χ0) is 10.4. The first kappa shape index (κ1) is 11.0. The number of hydrogen-bond acceptors (Lipinski definition) is 4. The molecule has 1 N–H and O–H groups in total. The average molecular weight is 199 g/mol. The first-order valence-corrected chi connectivity index (χ1v) is 4.59. The van der Waals surface area contributed by atoms with Crippen molar-refractivity contribution >= 4 is 5.97 Å².